The highest BCUT2D eigenvalue weighted by Crippen LogP contribution is 2.35. The summed E-state index contributed by atoms with van der Waals surface area (Å²) in [6, 6.07) is 0.315. The molecule has 1 unspecified atom stereocenters. The lowest BCUT2D eigenvalue weighted by molar-refractivity contribution is -0.121. The van der Waals surface area contributed by atoms with E-state index < -0.39 is 0 Å². The minimum absolute atomic E-state index is 0.0667. The van der Waals surface area contributed by atoms with Crippen LogP contribution in [0.15, 0.2) is 11.1 Å². The van der Waals surface area contributed by atoms with Crippen molar-refractivity contribution >= 4 is 27.5 Å². The van der Waals surface area contributed by atoms with Gasteiger partial charge in [0.1, 0.15) is 11.4 Å². The molecule has 116 valence electrons. The molecule has 0 saturated heterocycles. The van der Waals surface area contributed by atoms with Gasteiger partial charge in [0, 0.05) is 10.9 Å². The summed E-state index contributed by atoms with van der Waals surface area (Å²) in [5.41, 5.74) is 1.11. The summed E-state index contributed by atoms with van der Waals surface area (Å²) in [7, 11) is 0. The van der Waals surface area contributed by atoms with Gasteiger partial charge in [0.05, 0.1) is 11.7 Å². The van der Waals surface area contributed by atoms with E-state index in [1.54, 1.807) is 11.3 Å². The topological polar surface area (TPSA) is 64.0 Å². The van der Waals surface area contributed by atoms with Crippen LogP contribution < -0.4 is 10.9 Å². The Morgan fingerprint density at radius 1 is 1.45 bits per heavy atom. The Bertz CT molecular complexity index is 804. The van der Waals surface area contributed by atoms with Crippen molar-refractivity contribution in [1.29, 1.82) is 0 Å². The standard InChI is InChI=1S/C16H19N3O2S/c1-9-2-5-11-12(6-9)22-15-14(11)16(21)19(8-17-15)7-13(20)18-10-3-4-10/h8-10H,2-7H2,1H3,(H,18,20). The fourth-order valence-electron chi connectivity index (χ4n) is 3.13. The molecule has 2 heterocycles. The van der Waals surface area contributed by atoms with Crippen LogP contribution in [0.1, 0.15) is 36.6 Å². The zero-order chi connectivity index (χ0) is 15.3. The monoisotopic (exact) mass is 317 g/mol. The van der Waals surface area contributed by atoms with E-state index in [2.05, 4.69) is 17.2 Å². The molecule has 0 aliphatic heterocycles. The third-order valence-corrected chi connectivity index (χ3v) is 5.70. The quantitative estimate of drug-likeness (QED) is 0.940. The molecule has 1 atom stereocenters. The van der Waals surface area contributed by atoms with Crippen LogP contribution in [-0.2, 0) is 24.2 Å². The number of nitrogens with one attached hydrogen (secondary N) is 1. The van der Waals surface area contributed by atoms with Crippen LogP contribution in [0.25, 0.3) is 10.2 Å². The first-order valence-corrected chi connectivity index (χ1v) is 8.72. The maximum atomic E-state index is 12.7. The predicted molar refractivity (Wildman–Crippen MR) is 86.2 cm³/mol. The number of amides is 1. The number of carbonyl (C=O) groups is 1. The third kappa shape index (κ3) is 2.45. The van der Waals surface area contributed by atoms with Gasteiger partial charge < -0.3 is 5.32 Å². The number of nitrogens with zero attached hydrogens (tertiary/aromatic N) is 2. The van der Waals surface area contributed by atoms with Gasteiger partial charge in [-0.15, -0.1) is 11.3 Å². The van der Waals surface area contributed by atoms with E-state index in [0.717, 1.165) is 42.3 Å². The Morgan fingerprint density at radius 3 is 3.05 bits per heavy atom. The lowest BCUT2D eigenvalue weighted by Crippen LogP contribution is -2.33. The maximum Gasteiger partial charge on any atom is 0.262 e. The summed E-state index contributed by atoms with van der Waals surface area (Å²) >= 11 is 1.64. The van der Waals surface area contributed by atoms with Crippen molar-refractivity contribution < 1.29 is 4.79 Å². The van der Waals surface area contributed by atoms with Crippen molar-refractivity contribution in [3.8, 4) is 0 Å². The molecule has 0 radical (unpaired) electrons. The normalized spacial score (nSPS) is 20.9. The molecule has 2 aliphatic rings. The fourth-order valence-corrected chi connectivity index (χ4v) is 4.48. The molecule has 0 bridgehead atoms. The van der Waals surface area contributed by atoms with E-state index in [1.807, 2.05) is 0 Å². The average molecular weight is 317 g/mol. The van der Waals surface area contributed by atoms with Gasteiger partial charge in [0.2, 0.25) is 5.91 Å². The molecule has 1 amide bonds. The molecule has 6 heteroatoms. The highest BCUT2D eigenvalue weighted by Gasteiger charge is 2.25. The lowest BCUT2D eigenvalue weighted by Gasteiger charge is -2.17. The van der Waals surface area contributed by atoms with E-state index in [-0.39, 0.29) is 18.0 Å². The van der Waals surface area contributed by atoms with Crippen molar-refractivity contribution in [3.05, 3.63) is 27.1 Å². The fraction of sp³-hybridized carbons (Fsp3) is 0.562. The molecule has 0 aromatic carbocycles. The summed E-state index contributed by atoms with van der Waals surface area (Å²) in [6.45, 7) is 2.32. The molecule has 5 nitrogen and oxygen atoms in total. The molecule has 2 aliphatic carbocycles. The number of rotatable bonds is 3. The van der Waals surface area contributed by atoms with Gasteiger partial charge in [-0.2, -0.15) is 0 Å². The summed E-state index contributed by atoms with van der Waals surface area (Å²) in [4.78, 5) is 31.2. The Hall–Kier alpha value is -1.69. The molecule has 1 saturated carbocycles. The Morgan fingerprint density at radius 2 is 2.27 bits per heavy atom. The van der Waals surface area contributed by atoms with Crippen LogP contribution in [0.4, 0.5) is 0 Å². The van der Waals surface area contributed by atoms with E-state index in [1.165, 1.54) is 21.3 Å². The highest BCUT2D eigenvalue weighted by atomic mass is 32.1. The molecule has 0 spiro atoms. The molecular formula is C16H19N3O2S. The largest absolute Gasteiger partial charge is 0.352 e. The summed E-state index contributed by atoms with van der Waals surface area (Å²) in [5.74, 6) is 0.579. The predicted octanol–water partition coefficient (Wildman–Crippen LogP) is 1.86. The maximum absolute atomic E-state index is 12.7. The van der Waals surface area contributed by atoms with E-state index in [9.17, 15) is 9.59 Å². The average Bonchev–Trinajstić information content (AvgIpc) is 3.20. The number of carbonyl (C=O) groups excluding carboxylic acids is 1. The summed E-state index contributed by atoms with van der Waals surface area (Å²) in [5, 5.41) is 3.66. The van der Waals surface area contributed by atoms with Crippen molar-refractivity contribution in [2.75, 3.05) is 0 Å². The number of thiophene rings is 1. The Kier molecular flexibility index (Phi) is 3.29. The van der Waals surface area contributed by atoms with Crippen LogP contribution in [-0.4, -0.2) is 21.5 Å². The first kappa shape index (κ1) is 13.9. The zero-order valence-electron chi connectivity index (χ0n) is 12.6. The lowest BCUT2D eigenvalue weighted by atomic mass is 9.89. The molecule has 22 heavy (non-hydrogen) atoms. The number of fused-ring (bicyclic) bond motifs is 3. The number of hydrogen-bond acceptors (Lipinski definition) is 4. The first-order chi connectivity index (χ1) is 10.6. The van der Waals surface area contributed by atoms with Gasteiger partial charge in [-0.05, 0) is 43.6 Å². The summed E-state index contributed by atoms with van der Waals surface area (Å²) in [6.07, 6.45) is 6.73. The van der Waals surface area contributed by atoms with Gasteiger partial charge in [-0.25, -0.2) is 4.98 Å². The molecule has 1 fully saturated rings. The molecule has 2 aromatic heterocycles. The van der Waals surface area contributed by atoms with E-state index >= 15 is 0 Å². The second-order valence-corrected chi connectivity index (χ2v) is 7.63. The second kappa shape index (κ2) is 5.19. The minimum atomic E-state index is -0.0940. The smallest absolute Gasteiger partial charge is 0.262 e. The van der Waals surface area contributed by atoms with Gasteiger partial charge in [-0.1, -0.05) is 6.92 Å². The second-order valence-electron chi connectivity index (χ2n) is 6.55. The molecule has 1 N–H and O–H groups in total. The van der Waals surface area contributed by atoms with Gasteiger partial charge in [-0.3, -0.25) is 14.2 Å². The number of aromatic nitrogens is 2. The Labute approximate surface area is 132 Å². The van der Waals surface area contributed by atoms with Crippen LogP contribution in [0, 0.1) is 5.92 Å². The van der Waals surface area contributed by atoms with Crippen molar-refractivity contribution in [2.24, 2.45) is 5.92 Å². The van der Waals surface area contributed by atoms with E-state index in [0.29, 0.717) is 12.0 Å². The van der Waals surface area contributed by atoms with Crippen LogP contribution in [0.3, 0.4) is 0 Å². The first-order valence-electron chi connectivity index (χ1n) is 7.91. The number of hydrogen-bond donors (Lipinski definition) is 1. The minimum Gasteiger partial charge on any atom is -0.352 e. The van der Waals surface area contributed by atoms with Crippen LogP contribution in [0.5, 0.6) is 0 Å². The van der Waals surface area contributed by atoms with Gasteiger partial charge >= 0.3 is 0 Å². The van der Waals surface area contributed by atoms with Crippen molar-refractivity contribution in [2.45, 2.75) is 51.6 Å². The number of aryl methyl sites for hydroxylation is 1. The van der Waals surface area contributed by atoms with Crippen LogP contribution >= 0.6 is 11.3 Å². The Balaban J connectivity index is 1.70. The van der Waals surface area contributed by atoms with Gasteiger partial charge in [0.15, 0.2) is 0 Å². The molecule has 4 rings (SSSR count). The summed E-state index contributed by atoms with van der Waals surface area (Å²) < 4.78 is 1.45. The van der Waals surface area contributed by atoms with Crippen LogP contribution in [0.2, 0.25) is 0 Å². The van der Waals surface area contributed by atoms with Gasteiger partial charge in [0.25, 0.3) is 5.56 Å². The van der Waals surface area contributed by atoms with Crippen molar-refractivity contribution in [1.82, 2.24) is 14.9 Å². The molecular weight excluding hydrogens is 298 g/mol. The molecule has 2 aromatic rings. The van der Waals surface area contributed by atoms with E-state index in [4.69, 9.17) is 0 Å². The van der Waals surface area contributed by atoms with Crippen molar-refractivity contribution in [3.63, 3.8) is 0 Å². The highest BCUT2D eigenvalue weighted by molar-refractivity contribution is 7.18. The third-order valence-electron chi connectivity index (χ3n) is 4.54. The zero-order valence-corrected chi connectivity index (χ0v) is 13.4. The SMILES string of the molecule is CC1CCc2c(sc3ncn(CC(=O)NC4CC4)c(=O)c23)C1.